The standard InChI is InChI=1S/C17H20N4O6S/c22-17(20-5-9-25-10-6-20)16-19-18-15(27-16)13-1-3-14(4-2-13)28(23,24)21-7-11-26-12-8-21/h1-4H,5-12H2. The lowest BCUT2D eigenvalue weighted by Gasteiger charge is -2.26. The molecule has 150 valence electrons. The smallest absolute Gasteiger partial charge is 0.311 e. The highest BCUT2D eigenvalue weighted by molar-refractivity contribution is 7.89. The molecule has 0 unspecified atom stereocenters. The van der Waals surface area contributed by atoms with Crippen molar-refractivity contribution in [3.8, 4) is 11.5 Å². The summed E-state index contributed by atoms with van der Waals surface area (Å²) in [5.41, 5.74) is 0.537. The zero-order chi connectivity index (χ0) is 19.6. The van der Waals surface area contributed by atoms with Gasteiger partial charge in [-0.3, -0.25) is 4.79 Å². The van der Waals surface area contributed by atoms with Gasteiger partial charge >= 0.3 is 11.8 Å². The van der Waals surface area contributed by atoms with Crippen LogP contribution in [0.3, 0.4) is 0 Å². The number of carbonyl (C=O) groups is 1. The third kappa shape index (κ3) is 3.78. The maximum Gasteiger partial charge on any atom is 0.311 e. The number of morpholine rings is 2. The fraction of sp³-hybridized carbons (Fsp3) is 0.471. The number of hydrogen-bond acceptors (Lipinski definition) is 8. The molecule has 0 bridgehead atoms. The molecule has 0 radical (unpaired) electrons. The highest BCUT2D eigenvalue weighted by Crippen LogP contribution is 2.23. The van der Waals surface area contributed by atoms with Crippen LogP contribution >= 0.6 is 0 Å². The summed E-state index contributed by atoms with van der Waals surface area (Å²) in [5, 5.41) is 7.74. The largest absolute Gasteiger partial charge is 0.412 e. The van der Waals surface area contributed by atoms with E-state index in [0.29, 0.717) is 58.2 Å². The molecule has 3 heterocycles. The van der Waals surface area contributed by atoms with Gasteiger partial charge in [-0.2, -0.15) is 4.31 Å². The molecule has 2 aliphatic heterocycles. The van der Waals surface area contributed by atoms with Gasteiger partial charge in [0.15, 0.2) is 0 Å². The Morgan fingerprint density at radius 1 is 0.893 bits per heavy atom. The van der Waals surface area contributed by atoms with Crippen molar-refractivity contribution >= 4 is 15.9 Å². The van der Waals surface area contributed by atoms with Gasteiger partial charge in [-0.05, 0) is 24.3 Å². The van der Waals surface area contributed by atoms with Crippen molar-refractivity contribution in [3.63, 3.8) is 0 Å². The van der Waals surface area contributed by atoms with E-state index in [9.17, 15) is 13.2 Å². The first kappa shape index (κ1) is 19.0. The van der Waals surface area contributed by atoms with E-state index in [-0.39, 0.29) is 22.6 Å². The molecule has 2 fully saturated rings. The van der Waals surface area contributed by atoms with E-state index >= 15 is 0 Å². The van der Waals surface area contributed by atoms with Gasteiger partial charge in [-0.25, -0.2) is 8.42 Å². The minimum Gasteiger partial charge on any atom is -0.412 e. The van der Waals surface area contributed by atoms with E-state index in [1.807, 2.05) is 0 Å². The maximum atomic E-state index is 12.7. The second kappa shape index (κ2) is 7.95. The van der Waals surface area contributed by atoms with Crippen LogP contribution in [-0.2, 0) is 19.5 Å². The van der Waals surface area contributed by atoms with Crippen molar-refractivity contribution in [3.05, 3.63) is 30.2 Å². The lowest BCUT2D eigenvalue weighted by Crippen LogP contribution is -2.40. The molecule has 0 atom stereocenters. The van der Waals surface area contributed by atoms with Crippen molar-refractivity contribution in [2.75, 3.05) is 52.6 Å². The molecule has 4 rings (SSSR count). The number of aromatic nitrogens is 2. The summed E-state index contributed by atoms with van der Waals surface area (Å²) in [4.78, 5) is 14.2. The van der Waals surface area contributed by atoms with Crippen molar-refractivity contribution in [2.24, 2.45) is 0 Å². The molecule has 2 aromatic rings. The molecule has 1 aromatic heterocycles. The zero-order valence-corrected chi connectivity index (χ0v) is 15.9. The summed E-state index contributed by atoms with van der Waals surface area (Å²) in [5.74, 6) is -0.276. The summed E-state index contributed by atoms with van der Waals surface area (Å²) in [6, 6.07) is 6.16. The lowest BCUT2D eigenvalue weighted by molar-refractivity contribution is 0.0278. The predicted octanol–water partition coefficient (Wildman–Crippen LogP) is 0.230. The second-order valence-corrected chi connectivity index (χ2v) is 8.30. The monoisotopic (exact) mass is 408 g/mol. The molecule has 10 nitrogen and oxygen atoms in total. The first-order valence-corrected chi connectivity index (χ1v) is 10.4. The van der Waals surface area contributed by atoms with Crippen LogP contribution in [0.25, 0.3) is 11.5 Å². The van der Waals surface area contributed by atoms with Crippen LogP contribution in [0.1, 0.15) is 10.7 Å². The Labute approximate surface area is 162 Å². The normalized spacial score (nSPS) is 18.9. The third-order valence-corrected chi connectivity index (χ3v) is 6.53. The van der Waals surface area contributed by atoms with Gasteiger partial charge in [-0.15, -0.1) is 10.2 Å². The van der Waals surface area contributed by atoms with Crippen molar-refractivity contribution < 1.29 is 27.1 Å². The highest BCUT2D eigenvalue weighted by atomic mass is 32.2. The summed E-state index contributed by atoms with van der Waals surface area (Å²) < 4.78 is 42.6. The lowest BCUT2D eigenvalue weighted by atomic mass is 10.2. The summed E-state index contributed by atoms with van der Waals surface area (Å²) in [7, 11) is -3.57. The van der Waals surface area contributed by atoms with Gasteiger partial charge in [0.2, 0.25) is 15.9 Å². The average molecular weight is 408 g/mol. The highest BCUT2D eigenvalue weighted by Gasteiger charge is 2.27. The van der Waals surface area contributed by atoms with Crippen molar-refractivity contribution in [1.82, 2.24) is 19.4 Å². The number of benzene rings is 1. The number of sulfonamides is 1. The Bertz CT molecular complexity index is 931. The van der Waals surface area contributed by atoms with Crippen LogP contribution in [0.4, 0.5) is 0 Å². The topological polar surface area (TPSA) is 115 Å². The Morgan fingerprint density at radius 2 is 1.50 bits per heavy atom. The SMILES string of the molecule is O=C(c1nnc(-c2ccc(S(=O)(=O)N3CCOCC3)cc2)o1)N1CCOCC1. The number of carbonyl (C=O) groups excluding carboxylic acids is 1. The molecule has 0 spiro atoms. The van der Waals surface area contributed by atoms with E-state index in [4.69, 9.17) is 13.9 Å². The van der Waals surface area contributed by atoms with Crippen molar-refractivity contribution in [1.29, 1.82) is 0 Å². The number of hydrogen-bond donors (Lipinski definition) is 0. The zero-order valence-electron chi connectivity index (χ0n) is 15.1. The second-order valence-electron chi connectivity index (χ2n) is 6.36. The van der Waals surface area contributed by atoms with Gasteiger partial charge in [0, 0.05) is 31.7 Å². The number of ether oxygens (including phenoxy) is 2. The predicted molar refractivity (Wildman–Crippen MR) is 96.0 cm³/mol. The Morgan fingerprint density at radius 3 is 2.14 bits per heavy atom. The van der Waals surface area contributed by atoms with Gasteiger partial charge in [0.25, 0.3) is 0 Å². The van der Waals surface area contributed by atoms with Crippen LogP contribution in [-0.4, -0.2) is 86.3 Å². The van der Waals surface area contributed by atoms with Crippen LogP contribution in [0, 0.1) is 0 Å². The fourth-order valence-corrected chi connectivity index (χ4v) is 4.44. The maximum absolute atomic E-state index is 12.7. The summed E-state index contributed by atoms with van der Waals surface area (Å²) >= 11 is 0. The molecule has 11 heteroatoms. The molecule has 0 saturated carbocycles. The van der Waals surface area contributed by atoms with Gasteiger partial charge in [0.05, 0.1) is 31.3 Å². The number of rotatable bonds is 4. The molecular weight excluding hydrogens is 388 g/mol. The van der Waals surface area contributed by atoms with Gasteiger partial charge < -0.3 is 18.8 Å². The quantitative estimate of drug-likeness (QED) is 0.706. The Hall–Kier alpha value is -2.34. The van der Waals surface area contributed by atoms with Crippen molar-refractivity contribution in [2.45, 2.75) is 4.90 Å². The van der Waals surface area contributed by atoms with Gasteiger partial charge in [-0.1, -0.05) is 0 Å². The van der Waals surface area contributed by atoms with E-state index in [0.717, 1.165) is 0 Å². The van der Waals surface area contributed by atoms with E-state index in [2.05, 4.69) is 10.2 Å². The van der Waals surface area contributed by atoms with E-state index in [1.54, 1.807) is 17.0 Å². The average Bonchev–Trinajstić information content (AvgIpc) is 3.25. The Kier molecular flexibility index (Phi) is 5.40. The van der Waals surface area contributed by atoms with Gasteiger partial charge in [0.1, 0.15) is 0 Å². The minimum atomic E-state index is -3.57. The number of amides is 1. The molecule has 0 N–H and O–H groups in total. The fourth-order valence-electron chi connectivity index (χ4n) is 3.03. The molecule has 2 saturated heterocycles. The summed E-state index contributed by atoms with van der Waals surface area (Å²) in [6.45, 7) is 3.35. The minimum absolute atomic E-state index is 0.0954. The first-order valence-electron chi connectivity index (χ1n) is 8.94. The third-order valence-electron chi connectivity index (χ3n) is 4.62. The van der Waals surface area contributed by atoms with Crippen LogP contribution in [0.15, 0.2) is 33.6 Å². The van der Waals surface area contributed by atoms with E-state index < -0.39 is 10.0 Å². The van der Waals surface area contributed by atoms with Crippen LogP contribution < -0.4 is 0 Å². The molecule has 0 aliphatic carbocycles. The number of nitrogens with zero attached hydrogens (tertiary/aromatic N) is 4. The molecule has 1 amide bonds. The van der Waals surface area contributed by atoms with E-state index in [1.165, 1.54) is 16.4 Å². The van der Waals surface area contributed by atoms with Crippen LogP contribution in [0.2, 0.25) is 0 Å². The molecule has 2 aliphatic rings. The molecule has 28 heavy (non-hydrogen) atoms. The summed E-state index contributed by atoms with van der Waals surface area (Å²) in [6.07, 6.45) is 0. The Balaban J connectivity index is 1.50. The molecule has 1 aromatic carbocycles. The van der Waals surface area contributed by atoms with Crippen LogP contribution in [0.5, 0.6) is 0 Å². The first-order chi connectivity index (χ1) is 13.6. The molecular formula is C17H20N4O6S.